The number of aliphatic imine (C=N–C) groups is 1. The number of hydrogen-bond donors (Lipinski definition) is 0. The van der Waals surface area contributed by atoms with Crippen LogP contribution in [0.25, 0.3) is 27.4 Å². The molecule has 0 aliphatic carbocycles. The van der Waals surface area contributed by atoms with Gasteiger partial charge in [-0.05, 0) is 17.5 Å². The van der Waals surface area contributed by atoms with E-state index in [2.05, 4.69) is 4.99 Å². The van der Waals surface area contributed by atoms with Crippen LogP contribution in [0.3, 0.4) is 0 Å². The normalized spacial score (nSPS) is 16.0. The van der Waals surface area contributed by atoms with Crippen LogP contribution in [0.1, 0.15) is 15.9 Å². The molecule has 1 fully saturated rings. The molecule has 0 radical (unpaired) electrons. The molecule has 208 valence electrons. The lowest BCUT2D eigenvalue weighted by Crippen LogP contribution is -2.42. The minimum absolute atomic E-state index is 0.0176. The molecule has 5 aromatic rings. The third-order valence-electron chi connectivity index (χ3n) is 8.16. The highest BCUT2D eigenvalue weighted by Crippen LogP contribution is 2.49. The zero-order chi connectivity index (χ0) is 28.4. The molecule has 0 atom stereocenters. The van der Waals surface area contributed by atoms with E-state index in [4.69, 9.17) is 9.47 Å². The minimum Gasteiger partial charge on any atom is -0.451 e. The number of aromatic nitrogens is 1. The summed E-state index contributed by atoms with van der Waals surface area (Å²) in [5, 5.41) is 1.94. The van der Waals surface area contributed by atoms with Crippen molar-refractivity contribution in [2.24, 2.45) is 4.99 Å². The fraction of sp³-hybridized carbons (Fsp3) is 0.182. The number of ether oxygens (including phenoxy) is 2. The Kier molecular flexibility index (Phi) is 5.61. The lowest BCUT2D eigenvalue weighted by molar-refractivity contribution is 0.0302. The van der Waals surface area contributed by atoms with Crippen molar-refractivity contribution >= 4 is 39.1 Å². The van der Waals surface area contributed by atoms with Crippen molar-refractivity contribution in [3.8, 4) is 17.2 Å². The second-order valence-corrected chi connectivity index (χ2v) is 10.5. The Bertz CT molecular complexity index is 2020. The molecule has 3 aliphatic heterocycles. The predicted octanol–water partition coefficient (Wildman–Crippen LogP) is 5.13. The van der Waals surface area contributed by atoms with Gasteiger partial charge in [0.15, 0.2) is 17.3 Å². The van der Waals surface area contributed by atoms with E-state index in [0.29, 0.717) is 62.2 Å². The standard InChI is InChI=1S/C33H25FN4O4/c34-25-18-23-28-31(29(25)37-13-12-35-32(37)21-7-2-1-3-8-21)42-26-11-10-20-6-4-5-9-22(20)27(26)38(28)19-24(30(23)39)33(40)36-14-16-41-17-15-36/h1-11,18-19H,12-17H2. The summed E-state index contributed by atoms with van der Waals surface area (Å²) in [7, 11) is 0. The van der Waals surface area contributed by atoms with Crippen LogP contribution < -0.4 is 15.1 Å². The molecule has 4 heterocycles. The van der Waals surface area contributed by atoms with Crippen LogP contribution in [0.15, 0.2) is 88.8 Å². The van der Waals surface area contributed by atoms with Crippen molar-refractivity contribution in [2.45, 2.75) is 0 Å². The number of halogens is 1. The number of hydrogen-bond acceptors (Lipinski definition) is 6. The maximum Gasteiger partial charge on any atom is 0.259 e. The van der Waals surface area contributed by atoms with Gasteiger partial charge in [-0.3, -0.25) is 14.6 Å². The van der Waals surface area contributed by atoms with Gasteiger partial charge in [-0.1, -0.05) is 60.7 Å². The first kappa shape index (κ1) is 24.8. The number of rotatable bonds is 3. The summed E-state index contributed by atoms with van der Waals surface area (Å²) in [5.41, 5.74) is 1.62. The lowest BCUT2D eigenvalue weighted by Gasteiger charge is -2.31. The topological polar surface area (TPSA) is 76.4 Å². The molecule has 0 saturated carbocycles. The Morgan fingerprint density at radius 2 is 1.67 bits per heavy atom. The number of benzene rings is 4. The molecule has 1 aromatic heterocycles. The number of carbonyl (C=O) groups is 1. The molecule has 9 heteroatoms. The van der Waals surface area contributed by atoms with Crippen molar-refractivity contribution in [2.75, 3.05) is 44.3 Å². The highest BCUT2D eigenvalue weighted by atomic mass is 19.1. The summed E-state index contributed by atoms with van der Waals surface area (Å²) >= 11 is 0. The summed E-state index contributed by atoms with van der Waals surface area (Å²) < 4.78 is 30.1. The lowest BCUT2D eigenvalue weighted by atomic mass is 10.0. The largest absolute Gasteiger partial charge is 0.451 e. The average Bonchev–Trinajstić information content (AvgIpc) is 3.52. The Morgan fingerprint density at radius 3 is 2.50 bits per heavy atom. The van der Waals surface area contributed by atoms with Crippen molar-refractivity contribution in [1.29, 1.82) is 0 Å². The quantitative estimate of drug-likeness (QED) is 0.300. The third-order valence-corrected chi connectivity index (χ3v) is 8.16. The minimum atomic E-state index is -0.619. The first-order chi connectivity index (χ1) is 20.6. The molecule has 0 unspecified atom stereocenters. The first-order valence-electron chi connectivity index (χ1n) is 14.0. The van der Waals surface area contributed by atoms with Gasteiger partial charge in [-0.25, -0.2) is 4.39 Å². The number of morpholine rings is 1. The van der Waals surface area contributed by atoms with Crippen LogP contribution >= 0.6 is 0 Å². The van der Waals surface area contributed by atoms with Gasteiger partial charge in [0, 0.05) is 36.8 Å². The monoisotopic (exact) mass is 560 g/mol. The van der Waals surface area contributed by atoms with Crippen molar-refractivity contribution in [3.63, 3.8) is 0 Å². The highest BCUT2D eigenvalue weighted by molar-refractivity contribution is 6.14. The molecule has 0 spiro atoms. The Morgan fingerprint density at radius 1 is 0.881 bits per heavy atom. The van der Waals surface area contributed by atoms with Crippen LogP contribution in [0.4, 0.5) is 10.1 Å². The number of pyridine rings is 1. The van der Waals surface area contributed by atoms with Gasteiger partial charge < -0.3 is 23.8 Å². The van der Waals surface area contributed by atoms with Gasteiger partial charge >= 0.3 is 0 Å². The maximum absolute atomic E-state index is 16.3. The van der Waals surface area contributed by atoms with E-state index in [9.17, 15) is 9.59 Å². The van der Waals surface area contributed by atoms with E-state index >= 15 is 4.39 Å². The molecule has 0 bridgehead atoms. The maximum atomic E-state index is 16.3. The van der Waals surface area contributed by atoms with Crippen LogP contribution in [0.5, 0.6) is 11.5 Å². The fourth-order valence-electron chi connectivity index (χ4n) is 6.20. The average molecular weight is 561 g/mol. The molecule has 1 saturated heterocycles. The van der Waals surface area contributed by atoms with Gasteiger partial charge in [-0.15, -0.1) is 0 Å². The second kappa shape index (κ2) is 9.53. The van der Waals surface area contributed by atoms with Crippen LogP contribution in [0.2, 0.25) is 0 Å². The number of fused-ring (bicyclic) bond motifs is 4. The van der Waals surface area contributed by atoms with E-state index in [1.807, 2.05) is 76.2 Å². The summed E-state index contributed by atoms with van der Waals surface area (Å²) in [6.45, 7) is 2.51. The van der Waals surface area contributed by atoms with E-state index < -0.39 is 17.2 Å². The molecule has 8 nitrogen and oxygen atoms in total. The summed E-state index contributed by atoms with van der Waals surface area (Å²) in [4.78, 5) is 35.7. The van der Waals surface area contributed by atoms with Gasteiger partial charge in [0.2, 0.25) is 5.43 Å². The number of nitrogens with zero attached hydrogens (tertiary/aromatic N) is 4. The molecule has 42 heavy (non-hydrogen) atoms. The van der Waals surface area contributed by atoms with E-state index in [-0.39, 0.29) is 22.4 Å². The number of carbonyl (C=O) groups excluding carboxylic acids is 1. The SMILES string of the molecule is O=C(c1cn2c3c(c(N4CCN=C4c4ccccc4)c(F)cc3c1=O)Oc1ccc3ccccc3c1-2)N1CCOCC1. The number of amides is 1. The molecule has 0 N–H and O–H groups in total. The third kappa shape index (κ3) is 3.66. The van der Waals surface area contributed by atoms with Gasteiger partial charge in [0.1, 0.15) is 22.6 Å². The number of amidine groups is 1. The molecular weight excluding hydrogens is 535 g/mol. The van der Waals surface area contributed by atoms with Crippen molar-refractivity contribution in [3.05, 3.63) is 106 Å². The Hall–Kier alpha value is -5.02. The van der Waals surface area contributed by atoms with Crippen LogP contribution in [0, 0.1) is 5.82 Å². The Balaban J connectivity index is 1.42. The summed E-state index contributed by atoms with van der Waals surface area (Å²) in [6.07, 6.45) is 1.59. The van der Waals surface area contributed by atoms with E-state index in [0.717, 1.165) is 16.3 Å². The van der Waals surface area contributed by atoms with Crippen LogP contribution in [-0.4, -0.2) is 60.6 Å². The van der Waals surface area contributed by atoms with Gasteiger partial charge in [-0.2, -0.15) is 0 Å². The van der Waals surface area contributed by atoms with Crippen LogP contribution in [-0.2, 0) is 4.74 Å². The highest BCUT2D eigenvalue weighted by Gasteiger charge is 2.34. The molecular formula is C33H25FN4O4. The van der Waals surface area contributed by atoms with Crippen molar-refractivity contribution < 1.29 is 18.7 Å². The number of anilines is 1. The molecule has 4 aromatic carbocycles. The smallest absolute Gasteiger partial charge is 0.259 e. The van der Waals surface area contributed by atoms with Crippen molar-refractivity contribution in [1.82, 2.24) is 9.47 Å². The molecule has 3 aliphatic rings. The predicted molar refractivity (Wildman–Crippen MR) is 159 cm³/mol. The Labute approximate surface area is 239 Å². The summed E-state index contributed by atoms with van der Waals surface area (Å²) in [6, 6.07) is 22.5. The second-order valence-electron chi connectivity index (χ2n) is 10.5. The zero-order valence-corrected chi connectivity index (χ0v) is 22.5. The van der Waals surface area contributed by atoms with E-state index in [1.165, 1.54) is 6.07 Å². The van der Waals surface area contributed by atoms with Gasteiger partial charge in [0.05, 0.1) is 30.8 Å². The summed E-state index contributed by atoms with van der Waals surface area (Å²) in [5.74, 6) is 0.338. The molecule has 1 amide bonds. The first-order valence-corrected chi connectivity index (χ1v) is 14.0. The molecule has 8 rings (SSSR count). The zero-order valence-electron chi connectivity index (χ0n) is 22.5. The fourth-order valence-corrected chi connectivity index (χ4v) is 6.20. The van der Waals surface area contributed by atoms with E-state index in [1.54, 1.807) is 11.1 Å². The van der Waals surface area contributed by atoms with Gasteiger partial charge in [0.25, 0.3) is 5.91 Å².